The molecule has 0 aliphatic carbocycles. The predicted molar refractivity (Wildman–Crippen MR) is 99.3 cm³/mol. The predicted octanol–water partition coefficient (Wildman–Crippen LogP) is 4.95. The van der Waals surface area contributed by atoms with Crippen LogP contribution in [0, 0.1) is 11.3 Å². The maximum atomic E-state index is 13.1. The highest BCUT2D eigenvalue weighted by atomic mass is 127. The maximum absolute atomic E-state index is 13.1. The van der Waals surface area contributed by atoms with Crippen molar-refractivity contribution in [3.8, 4) is 17.3 Å². The highest BCUT2D eigenvalue weighted by molar-refractivity contribution is 14.2. The summed E-state index contributed by atoms with van der Waals surface area (Å²) in [5, 5.41) is 10.0. The molecule has 0 amide bonds. The van der Waals surface area contributed by atoms with E-state index in [0.717, 1.165) is 12.3 Å². The van der Waals surface area contributed by atoms with Gasteiger partial charge in [0.15, 0.2) is 10.8 Å². The molecule has 3 aromatic heterocycles. The molecule has 0 aromatic carbocycles. The van der Waals surface area contributed by atoms with Gasteiger partial charge < -0.3 is 0 Å². The van der Waals surface area contributed by atoms with Crippen molar-refractivity contribution in [3.05, 3.63) is 35.8 Å². The molecular formula is C14H7F3IN5S2. The normalized spacial score (nSPS) is 11.7. The average molecular weight is 493 g/mol. The summed E-state index contributed by atoms with van der Waals surface area (Å²) >= 11 is 3.29. The quantitative estimate of drug-likeness (QED) is 0.292. The summed E-state index contributed by atoms with van der Waals surface area (Å²) in [5.74, 6) is 0. The summed E-state index contributed by atoms with van der Waals surface area (Å²) in [6, 6.07) is 3.02. The number of alkyl halides is 3. The molecule has 0 saturated carbocycles. The highest BCUT2D eigenvalue weighted by Gasteiger charge is 2.32. The van der Waals surface area contributed by atoms with Gasteiger partial charge >= 0.3 is 6.18 Å². The molecule has 128 valence electrons. The second-order valence-electron chi connectivity index (χ2n) is 4.76. The molecule has 0 saturated heterocycles. The number of pyridine rings is 1. The first kappa shape index (κ1) is 18.3. The molecule has 0 aliphatic rings. The minimum absolute atomic E-state index is 0.188. The number of halogens is 4. The Bertz CT molecular complexity index is 997. The minimum Gasteiger partial charge on any atom is -0.265 e. The topological polar surface area (TPSA) is 67.4 Å². The smallest absolute Gasteiger partial charge is 0.265 e. The van der Waals surface area contributed by atoms with Gasteiger partial charge in [0, 0.05) is 59.9 Å². The lowest BCUT2D eigenvalue weighted by Crippen LogP contribution is -2.05. The fourth-order valence-electron chi connectivity index (χ4n) is 2.23. The van der Waals surface area contributed by atoms with E-state index in [-0.39, 0.29) is 16.6 Å². The average Bonchev–Trinajstić information content (AvgIpc) is 2.98. The van der Waals surface area contributed by atoms with Crippen molar-refractivity contribution in [3.63, 3.8) is 0 Å². The molecular weight excluding hydrogens is 486 g/mol. The van der Waals surface area contributed by atoms with E-state index in [1.54, 1.807) is 16.4 Å². The van der Waals surface area contributed by atoms with Crippen LogP contribution in [0.4, 0.5) is 13.2 Å². The van der Waals surface area contributed by atoms with E-state index in [9.17, 15) is 18.4 Å². The zero-order valence-electron chi connectivity index (χ0n) is 12.4. The van der Waals surface area contributed by atoms with Crippen molar-refractivity contribution in [2.45, 2.75) is 11.3 Å². The van der Waals surface area contributed by atoms with E-state index < -0.39 is 11.7 Å². The first-order valence-corrected chi connectivity index (χ1v) is 11.1. The van der Waals surface area contributed by atoms with Gasteiger partial charge in [-0.1, -0.05) is 11.8 Å². The number of aromatic nitrogens is 4. The second-order valence-corrected chi connectivity index (χ2v) is 7.25. The largest absolute Gasteiger partial charge is 0.417 e. The molecule has 25 heavy (non-hydrogen) atoms. The van der Waals surface area contributed by atoms with Crippen LogP contribution in [0.15, 0.2) is 29.8 Å². The van der Waals surface area contributed by atoms with Crippen LogP contribution < -0.4 is 0 Å². The van der Waals surface area contributed by atoms with Crippen LogP contribution in [0.3, 0.4) is 0 Å². The van der Waals surface area contributed by atoms with Crippen LogP contribution in [0.5, 0.6) is 0 Å². The zero-order valence-corrected chi connectivity index (χ0v) is 16.2. The Labute approximate surface area is 160 Å². The van der Waals surface area contributed by atoms with Crippen LogP contribution in [0.2, 0.25) is 0 Å². The Balaban J connectivity index is 2.35. The SMILES string of the molecule is CSc1ncc(C#N)c(-c2cn(SI)c3ncc(C(F)(F)F)cc23)n1. The Kier molecular flexibility index (Phi) is 5.12. The molecule has 5 nitrogen and oxygen atoms in total. The lowest BCUT2D eigenvalue weighted by molar-refractivity contribution is -0.137. The number of nitrogens with zero attached hydrogens (tertiary/aromatic N) is 5. The van der Waals surface area contributed by atoms with Crippen molar-refractivity contribution in [2.75, 3.05) is 6.26 Å². The molecule has 3 rings (SSSR count). The Morgan fingerprint density at radius 3 is 2.64 bits per heavy atom. The molecule has 0 N–H and O–H groups in total. The second kappa shape index (κ2) is 7.00. The standard InChI is InChI=1S/C14H7F3IN5S2/c1-24-13-21-4-7(3-19)11(22-13)10-6-23(25-18)12-9(10)2-8(5-20-12)14(15,16)17/h2,4-6H,1H3. The van der Waals surface area contributed by atoms with Gasteiger partial charge in [-0.2, -0.15) is 18.4 Å². The molecule has 0 aliphatic heterocycles. The molecule has 3 aromatic rings. The number of hydrogen-bond donors (Lipinski definition) is 0. The summed E-state index contributed by atoms with van der Waals surface area (Å²) < 4.78 is 40.8. The zero-order chi connectivity index (χ0) is 18.2. The molecule has 3 heterocycles. The van der Waals surface area contributed by atoms with E-state index in [1.807, 2.05) is 27.3 Å². The van der Waals surface area contributed by atoms with Crippen LogP contribution in [0.25, 0.3) is 22.3 Å². The van der Waals surface area contributed by atoms with Crippen molar-refractivity contribution in [1.82, 2.24) is 18.9 Å². The van der Waals surface area contributed by atoms with Gasteiger partial charge in [0.2, 0.25) is 0 Å². The van der Waals surface area contributed by atoms with Crippen LogP contribution in [0.1, 0.15) is 11.1 Å². The number of nitriles is 1. The van der Waals surface area contributed by atoms with Crippen molar-refractivity contribution < 1.29 is 13.2 Å². The van der Waals surface area contributed by atoms with E-state index in [2.05, 4.69) is 15.0 Å². The number of hydrogen-bond acceptors (Lipinski definition) is 6. The van der Waals surface area contributed by atoms with E-state index in [4.69, 9.17) is 0 Å². The van der Waals surface area contributed by atoms with Gasteiger partial charge in [-0.15, -0.1) is 0 Å². The Morgan fingerprint density at radius 1 is 1.28 bits per heavy atom. The van der Waals surface area contributed by atoms with Gasteiger partial charge in [-0.25, -0.2) is 15.0 Å². The third kappa shape index (κ3) is 3.42. The molecule has 0 bridgehead atoms. The molecule has 0 radical (unpaired) electrons. The summed E-state index contributed by atoms with van der Waals surface area (Å²) in [6.45, 7) is 0. The number of fused-ring (bicyclic) bond motifs is 1. The third-order valence-electron chi connectivity index (χ3n) is 3.34. The summed E-state index contributed by atoms with van der Waals surface area (Å²) in [7, 11) is 1.26. The van der Waals surface area contributed by atoms with Crippen molar-refractivity contribution in [2.24, 2.45) is 0 Å². The third-order valence-corrected chi connectivity index (χ3v) is 5.60. The van der Waals surface area contributed by atoms with Crippen LogP contribution >= 0.6 is 42.1 Å². The molecule has 0 atom stereocenters. The van der Waals surface area contributed by atoms with E-state index in [1.165, 1.54) is 27.1 Å². The lowest BCUT2D eigenvalue weighted by Gasteiger charge is -2.07. The van der Waals surface area contributed by atoms with E-state index in [0.29, 0.717) is 16.4 Å². The molecule has 0 unspecified atom stereocenters. The summed E-state index contributed by atoms with van der Waals surface area (Å²) in [4.78, 5) is 12.3. The fourth-order valence-corrected chi connectivity index (χ4v) is 3.82. The Morgan fingerprint density at radius 2 is 2.04 bits per heavy atom. The Hall–Kier alpha value is -1.52. The fraction of sp³-hybridized carbons (Fsp3) is 0.143. The number of rotatable bonds is 3. The molecule has 11 heteroatoms. The van der Waals surface area contributed by atoms with Crippen molar-refractivity contribution in [1.29, 1.82) is 5.26 Å². The van der Waals surface area contributed by atoms with Gasteiger partial charge in [0.05, 0.1) is 16.8 Å². The maximum Gasteiger partial charge on any atom is 0.417 e. The highest BCUT2D eigenvalue weighted by Crippen LogP contribution is 2.38. The number of thioether (sulfide) groups is 1. The molecule has 0 fully saturated rings. The minimum atomic E-state index is -4.51. The van der Waals surface area contributed by atoms with Gasteiger partial charge in [0.1, 0.15) is 6.07 Å². The van der Waals surface area contributed by atoms with Gasteiger partial charge in [-0.3, -0.25) is 3.97 Å². The van der Waals surface area contributed by atoms with E-state index >= 15 is 0 Å². The molecule has 0 spiro atoms. The van der Waals surface area contributed by atoms with Crippen LogP contribution in [-0.4, -0.2) is 25.2 Å². The lowest BCUT2D eigenvalue weighted by atomic mass is 10.1. The van der Waals surface area contributed by atoms with Gasteiger partial charge in [0.25, 0.3) is 0 Å². The van der Waals surface area contributed by atoms with Gasteiger partial charge in [-0.05, 0) is 12.3 Å². The summed E-state index contributed by atoms with van der Waals surface area (Å²) in [5.41, 5.74) is 0.405. The van der Waals surface area contributed by atoms with Crippen molar-refractivity contribution >= 4 is 53.1 Å². The van der Waals surface area contributed by atoms with Crippen LogP contribution in [-0.2, 0) is 6.18 Å². The summed E-state index contributed by atoms with van der Waals surface area (Å²) in [6.07, 6.45) is 1.07. The first-order valence-electron chi connectivity index (χ1n) is 6.58. The monoisotopic (exact) mass is 493 g/mol. The first-order chi connectivity index (χ1) is 11.9.